The second-order valence-corrected chi connectivity index (χ2v) is 2.70. The Morgan fingerprint density at radius 2 is 2.15 bits per heavy atom. The molecule has 1 heterocycles. The summed E-state index contributed by atoms with van der Waals surface area (Å²) in [6.07, 6.45) is 0.813. The number of amides is 1. The van der Waals surface area contributed by atoms with Crippen LogP contribution in [0.2, 0.25) is 5.15 Å². The molecule has 0 saturated carbocycles. The Morgan fingerprint density at radius 3 is 2.54 bits per heavy atom. The lowest BCUT2D eigenvalue weighted by Gasteiger charge is -2.11. The van der Waals surface area contributed by atoms with Gasteiger partial charge in [-0.1, -0.05) is 11.6 Å². The number of rotatable bonds is 2. The van der Waals surface area contributed by atoms with E-state index < -0.39 is 17.4 Å². The molecule has 0 radical (unpaired) electrons. The first-order valence-electron chi connectivity index (χ1n) is 3.24. The van der Waals surface area contributed by atoms with E-state index in [1.165, 1.54) is 0 Å². The Labute approximate surface area is 77.5 Å². The van der Waals surface area contributed by atoms with Crippen molar-refractivity contribution in [1.29, 1.82) is 0 Å². The Kier molecular flexibility index (Phi) is 2.47. The zero-order valence-corrected chi connectivity index (χ0v) is 7.05. The van der Waals surface area contributed by atoms with Crippen molar-refractivity contribution < 1.29 is 13.6 Å². The second-order valence-electron chi connectivity index (χ2n) is 2.31. The number of alkyl halides is 2. The molecule has 2 N–H and O–H groups in total. The van der Waals surface area contributed by atoms with Crippen molar-refractivity contribution >= 4 is 17.5 Å². The molecule has 1 amide bonds. The predicted octanol–water partition coefficient (Wildman–Crippen LogP) is 1.31. The van der Waals surface area contributed by atoms with Crippen molar-refractivity contribution in [2.24, 2.45) is 5.73 Å². The minimum absolute atomic E-state index is 0.0732. The summed E-state index contributed by atoms with van der Waals surface area (Å²) in [5, 5.41) is 0.0732. The van der Waals surface area contributed by atoms with Gasteiger partial charge in [0.1, 0.15) is 5.15 Å². The van der Waals surface area contributed by atoms with Crippen molar-refractivity contribution in [3.63, 3.8) is 0 Å². The SMILES string of the molecule is NC(=O)C(F)(F)c1ccc(Cl)nc1. The molecule has 0 unspecified atom stereocenters. The number of hydrogen-bond acceptors (Lipinski definition) is 2. The third-order valence-corrected chi connectivity index (χ3v) is 1.62. The molecule has 0 fully saturated rings. The van der Waals surface area contributed by atoms with E-state index in [9.17, 15) is 13.6 Å². The van der Waals surface area contributed by atoms with E-state index in [2.05, 4.69) is 10.7 Å². The highest BCUT2D eigenvalue weighted by molar-refractivity contribution is 6.29. The van der Waals surface area contributed by atoms with Crippen LogP contribution < -0.4 is 5.73 Å². The molecule has 0 saturated heterocycles. The average molecular weight is 207 g/mol. The summed E-state index contributed by atoms with van der Waals surface area (Å²) >= 11 is 5.37. The Hall–Kier alpha value is -1.23. The lowest BCUT2D eigenvalue weighted by molar-refractivity contribution is -0.143. The average Bonchev–Trinajstić information content (AvgIpc) is 2.04. The first-order chi connectivity index (χ1) is 5.94. The number of pyridine rings is 1. The highest BCUT2D eigenvalue weighted by Gasteiger charge is 2.38. The molecule has 70 valence electrons. The summed E-state index contributed by atoms with van der Waals surface area (Å²) in [6, 6.07) is 2.16. The Bertz CT molecular complexity index is 326. The number of halogens is 3. The minimum atomic E-state index is -3.70. The molecule has 0 atom stereocenters. The highest BCUT2D eigenvalue weighted by atomic mass is 35.5. The molecule has 0 spiro atoms. The number of hydrogen-bond donors (Lipinski definition) is 1. The highest BCUT2D eigenvalue weighted by Crippen LogP contribution is 2.27. The predicted molar refractivity (Wildman–Crippen MR) is 42.3 cm³/mol. The Balaban J connectivity index is 3.08. The number of primary amides is 1. The van der Waals surface area contributed by atoms with Gasteiger partial charge >= 0.3 is 5.92 Å². The van der Waals surface area contributed by atoms with Crippen LogP contribution in [0.15, 0.2) is 18.3 Å². The topological polar surface area (TPSA) is 56.0 Å². The van der Waals surface area contributed by atoms with Gasteiger partial charge in [-0.3, -0.25) is 4.79 Å². The van der Waals surface area contributed by atoms with E-state index in [1.54, 1.807) is 0 Å². The van der Waals surface area contributed by atoms with E-state index >= 15 is 0 Å². The minimum Gasteiger partial charge on any atom is -0.364 e. The van der Waals surface area contributed by atoms with Crippen LogP contribution in [0.3, 0.4) is 0 Å². The summed E-state index contributed by atoms with van der Waals surface area (Å²) in [7, 11) is 0. The van der Waals surface area contributed by atoms with Crippen LogP contribution in [0.4, 0.5) is 8.78 Å². The molecule has 6 heteroatoms. The van der Waals surface area contributed by atoms with Crippen molar-refractivity contribution in [2.75, 3.05) is 0 Å². The van der Waals surface area contributed by atoms with Crippen LogP contribution in [0, 0.1) is 0 Å². The first-order valence-corrected chi connectivity index (χ1v) is 3.62. The van der Waals surface area contributed by atoms with Crippen LogP contribution in [0.5, 0.6) is 0 Å². The fourth-order valence-electron chi connectivity index (χ4n) is 0.704. The second kappa shape index (κ2) is 3.26. The monoisotopic (exact) mass is 206 g/mol. The normalized spacial score (nSPS) is 11.3. The van der Waals surface area contributed by atoms with Crippen molar-refractivity contribution in [1.82, 2.24) is 4.98 Å². The third-order valence-electron chi connectivity index (χ3n) is 1.40. The van der Waals surface area contributed by atoms with E-state index in [0.29, 0.717) is 0 Å². The molecule has 3 nitrogen and oxygen atoms in total. The van der Waals surface area contributed by atoms with Gasteiger partial charge in [0.05, 0.1) is 0 Å². The summed E-state index contributed by atoms with van der Waals surface area (Å²) < 4.78 is 25.7. The van der Waals surface area contributed by atoms with Crippen LogP contribution >= 0.6 is 11.6 Å². The summed E-state index contributed by atoms with van der Waals surface area (Å²) in [4.78, 5) is 13.7. The maximum atomic E-state index is 12.9. The van der Waals surface area contributed by atoms with Gasteiger partial charge in [0.25, 0.3) is 5.91 Å². The third kappa shape index (κ3) is 1.92. The smallest absolute Gasteiger partial charge is 0.351 e. The van der Waals surface area contributed by atoms with E-state index in [1.807, 2.05) is 0 Å². The van der Waals surface area contributed by atoms with Gasteiger partial charge < -0.3 is 5.73 Å². The molecule has 0 bridgehead atoms. The fraction of sp³-hybridized carbons (Fsp3) is 0.143. The lowest BCUT2D eigenvalue weighted by atomic mass is 10.1. The first kappa shape index (κ1) is 9.85. The summed E-state index contributed by atoms with van der Waals surface area (Å²) in [6.45, 7) is 0. The van der Waals surface area contributed by atoms with Gasteiger partial charge in [0.2, 0.25) is 0 Å². The molecular formula is C7H5ClF2N2O. The van der Waals surface area contributed by atoms with Gasteiger partial charge in [-0.15, -0.1) is 0 Å². The van der Waals surface area contributed by atoms with Crippen LogP contribution in [-0.2, 0) is 10.7 Å². The van der Waals surface area contributed by atoms with E-state index in [0.717, 1.165) is 18.3 Å². The number of nitrogens with zero attached hydrogens (tertiary/aromatic N) is 1. The molecule has 1 aromatic rings. The summed E-state index contributed by atoms with van der Waals surface area (Å²) in [5.41, 5.74) is 3.93. The van der Waals surface area contributed by atoms with E-state index in [4.69, 9.17) is 11.6 Å². The van der Waals surface area contributed by atoms with Crippen molar-refractivity contribution in [2.45, 2.75) is 5.92 Å². The molecule has 0 aliphatic rings. The fourth-order valence-corrected chi connectivity index (χ4v) is 0.816. The standard InChI is InChI=1S/C7H5ClF2N2O/c8-5-2-1-4(3-12-5)7(9,10)6(11)13/h1-3H,(H2,11,13). The molecule has 1 aromatic heterocycles. The van der Waals surface area contributed by atoms with Gasteiger partial charge in [-0.05, 0) is 12.1 Å². The Morgan fingerprint density at radius 1 is 1.54 bits per heavy atom. The quantitative estimate of drug-likeness (QED) is 0.742. The van der Waals surface area contributed by atoms with Gasteiger partial charge in [0, 0.05) is 11.8 Å². The lowest BCUT2D eigenvalue weighted by Crippen LogP contribution is -2.32. The number of carbonyl (C=O) groups is 1. The molecule has 0 aliphatic heterocycles. The molecule has 0 aromatic carbocycles. The zero-order valence-electron chi connectivity index (χ0n) is 6.30. The van der Waals surface area contributed by atoms with Crippen molar-refractivity contribution in [3.8, 4) is 0 Å². The number of nitrogens with two attached hydrogens (primary N) is 1. The van der Waals surface area contributed by atoms with Crippen LogP contribution in [0.1, 0.15) is 5.56 Å². The summed E-state index contributed by atoms with van der Waals surface area (Å²) in [5.74, 6) is -5.41. The maximum absolute atomic E-state index is 12.9. The van der Waals surface area contributed by atoms with Gasteiger partial charge in [-0.2, -0.15) is 8.78 Å². The molecule has 1 rings (SSSR count). The molecule has 0 aliphatic carbocycles. The van der Waals surface area contributed by atoms with E-state index in [-0.39, 0.29) is 5.15 Å². The largest absolute Gasteiger partial charge is 0.364 e. The van der Waals surface area contributed by atoms with Crippen LogP contribution in [-0.4, -0.2) is 10.9 Å². The maximum Gasteiger partial charge on any atom is 0.351 e. The number of aromatic nitrogens is 1. The van der Waals surface area contributed by atoms with Crippen molar-refractivity contribution in [3.05, 3.63) is 29.0 Å². The van der Waals surface area contributed by atoms with Crippen LogP contribution in [0.25, 0.3) is 0 Å². The molecule has 13 heavy (non-hydrogen) atoms. The zero-order chi connectivity index (χ0) is 10.1. The van der Waals surface area contributed by atoms with Gasteiger partial charge in [0.15, 0.2) is 0 Å². The molecular weight excluding hydrogens is 202 g/mol. The van der Waals surface area contributed by atoms with Gasteiger partial charge in [-0.25, -0.2) is 4.98 Å². The number of carbonyl (C=O) groups excluding carboxylic acids is 1.